The number of guanidine groups is 1. The number of halogens is 5. The number of nitrogens with one attached hydrogen (secondary N) is 2. The van der Waals surface area contributed by atoms with Crippen LogP contribution in [0.1, 0.15) is 29.7 Å². The molecule has 2 atom stereocenters. The van der Waals surface area contributed by atoms with E-state index in [0.29, 0.717) is 12.3 Å². The van der Waals surface area contributed by atoms with E-state index in [4.69, 9.17) is 5.41 Å². The van der Waals surface area contributed by atoms with Gasteiger partial charge in [-0.05, 0) is 25.1 Å². The van der Waals surface area contributed by atoms with Crippen molar-refractivity contribution >= 4 is 11.9 Å². The van der Waals surface area contributed by atoms with Gasteiger partial charge in [-0.25, -0.2) is 8.78 Å². The quantitative estimate of drug-likeness (QED) is 0.763. The molecule has 0 saturated carbocycles. The third-order valence-electron chi connectivity index (χ3n) is 4.77. The van der Waals surface area contributed by atoms with Crippen LogP contribution in [0.3, 0.4) is 0 Å². The second kappa shape index (κ2) is 6.54. The Morgan fingerprint density at radius 1 is 1.21 bits per heavy atom. The SMILES string of the molecule is CN1C(=N)N[C@](C)(c2ccc(F)cc2F)[C@@H](c2ccc(C(F)(F)F)cn2)C1=O. The summed E-state index contributed by atoms with van der Waals surface area (Å²) in [5.41, 5.74) is -2.74. The zero-order valence-electron chi connectivity index (χ0n) is 14.7. The highest BCUT2D eigenvalue weighted by Crippen LogP contribution is 2.41. The molecule has 1 saturated heterocycles. The summed E-state index contributed by atoms with van der Waals surface area (Å²) in [5, 5.41) is 10.6. The summed E-state index contributed by atoms with van der Waals surface area (Å²) in [5.74, 6) is -4.05. The number of benzene rings is 1. The van der Waals surface area contributed by atoms with E-state index < -0.39 is 40.7 Å². The summed E-state index contributed by atoms with van der Waals surface area (Å²) in [6.07, 6.45) is -4.02. The molecule has 28 heavy (non-hydrogen) atoms. The minimum absolute atomic E-state index is 0.0453. The van der Waals surface area contributed by atoms with Crippen LogP contribution in [0.2, 0.25) is 0 Å². The lowest BCUT2D eigenvalue weighted by atomic mass is 9.75. The number of likely N-dealkylation sites (N-methyl/N-ethyl adjacent to an activating group) is 1. The second-order valence-electron chi connectivity index (χ2n) is 6.60. The Morgan fingerprint density at radius 2 is 1.89 bits per heavy atom. The predicted octanol–water partition coefficient (Wildman–Crippen LogP) is 3.37. The Bertz CT molecular complexity index is 944. The smallest absolute Gasteiger partial charge is 0.346 e. The van der Waals surface area contributed by atoms with Crippen LogP contribution in [0.4, 0.5) is 22.0 Å². The second-order valence-corrected chi connectivity index (χ2v) is 6.60. The van der Waals surface area contributed by atoms with Gasteiger partial charge < -0.3 is 5.32 Å². The Hall–Kier alpha value is -3.04. The summed E-state index contributed by atoms with van der Waals surface area (Å²) >= 11 is 0. The molecule has 0 radical (unpaired) electrons. The first kappa shape index (κ1) is 19.7. The number of aromatic nitrogens is 1. The minimum Gasteiger partial charge on any atom is -0.346 e. The molecule has 1 aromatic heterocycles. The molecule has 3 rings (SSSR count). The third kappa shape index (κ3) is 3.19. The number of carbonyl (C=O) groups excluding carboxylic acids is 1. The molecule has 148 valence electrons. The van der Waals surface area contributed by atoms with Crippen molar-refractivity contribution in [1.29, 1.82) is 5.41 Å². The number of amides is 1. The average molecular weight is 398 g/mol. The van der Waals surface area contributed by atoms with E-state index in [2.05, 4.69) is 10.3 Å². The first-order valence-corrected chi connectivity index (χ1v) is 8.08. The Balaban J connectivity index is 2.16. The van der Waals surface area contributed by atoms with Crippen molar-refractivity contribution in [2.24, 2.45) is 0 Å². The van der Waals surface area contributed by atoms with Crippen LogP contribution < -0.4 is 5.32 Å². The normalized spacial score (nSPS) is 23.0. The van der Waals surface area contributed by atoms with Crippen LogP contribution in [0.25, 0.3) is 0 Å². The monoisotopic (exact) mass is 398 g/mol. The van der Waals surface area contributed by atoms with Gasteiger partial charge >= 0.3 is 6.18 Å². The topological polar surface area (TPSA) is 69.1 Å². The van der Waals surface area contributed by atoms with Gasteiger partial charge in [0, 0.05) is 24.9 Å². The lowest BCUT2D eigenvalue weighted by Gasteiger charge is -2.45. The number of alkyl halides is 3. The van der Waals surface area contributed by atoms with Crippen LogP contribution in [0, 0.1) is 17.0 Å². The lowest BCUT2D eigenvalue weighted by molar-refractivity contribution is -0.137. The highest BCUT2D eigenvalue weighted by molar-refractivity contribution is 6.02. The van der Waals surface area contributed by atoms with Crippen LogP contribution in [0.15, 0.2) is 36.5 Å². The van der Waals surface area contributed by atoms with Crippen molar-refractivity contribution in [2.75, 3.05) is 7.05 Å². The molecule has 0 unspecified atom stereocenters. The van der Waals surface area contributed by atoms with Crippen LogP contribution >= 0.6 is 0 Å². The zero-order chi connectivity index (χ0) is 20.9. The van der Waals surface area contributed by atoms with E-state index in [1.807, 2.05) is 0 Å². The summed E-state index contributed by atoms with van der Waals surface area (Å²) in [6.45, 7) is 1.41. The van der Waals surface area contributed by atoms with E-state index >= 15 is 0 Å². The number of carbonyl (C=O) groups is 1. The van der Waals surface area contributed by atoms with Crippen molar-refractivity contribution in [3.05, 3.63) is 65.0 Å². The number of pyridine rings is 1. The fraction of sp³-hybridized carbons (Fsp3) is 0.278. The van der Waals surface area contributed by atoms with Gasteiger partial charge in [0.15, 0.2) is 5.96 Å². The summed E-state index contributed by atoms with van der Waals surface area (Å²) in [7, 11) is 1.30. The molecule has 1 amide bonds. The number of nitrogens with zero attached hydrogens (tertiary/aromatic N) is 2. The van der Waals surface area contributed by atoms with Gasteiger partial charge in [-0.3, -0.25) is 20.1 Å². The summed E-state index contributed by atoms with van der Waals surface area (Å²) in [4.78, 5) is 17.6. The third-order valence-corrected chi connectivity index (χ3v) is 4.77. The van der Waals surface area contributed by atoms with Gasteiger partial charge in [0.25, 0.3) is 0 Å². The Kier molecular flexibility index (Phi) is 4.60. The molecule has 2 N–H and O–H groups in total. The predicted molar refractivity (Wildman–Crippen MR) is 89.3 cm³/mol. The number of hydrogen-bond acceptors (Lipinski definition) is 3. The summed E-state index contributed by atoms with van der Waals surface area (Å²) in [6, 6.07) is 4.56. The zero-order valence-corrected chi connectivity index (χ0v) is 14.7. The molecule has 0 spiro atoms. The van der Waals surface area contributed by atoms with E-state index in [9.17, 15) is 26.7 Å². The molecule has 2 aromatic rings. The fourth-order valence-electron chi connectivity index (χ4n) is 3.25. The van der Waals surface area contributed by atoms with Gasteiger partial charge in [-0.2, -0.15) is 13.2 Å². The van der Waals surface area contributed by atoms with E-state index in [0.717, 1.165) is 29.2 Å². The molecule has 0 bridgehead atoms. The number of rotatable bonds is 2. The molecule has 1 aliphatic rings. The largest absolute Gasteiger partial charge is 0.417 e. The average Bonchev–Trinajstić information content (AvgIpc) is 2.59. The van der Waals surface area contributed by atoms with Gasteiger partial charge in [0.1, 0.15) is 17.6 Å². The first-order valence-electron chi connectivity index (χ1n) is 8.08. The van der Waals surface area contributed by atoms with Crippen molar-refractivity contribution in [3.8, 4) is 0 Å². The van der Waals surface area contributed by atoms with Crippen LogP contribution in [0.5, 0.6) is 0 Å². The van der Waals surface area contributed by atoms with Gasteiger partial charge in [-0.1, -0.05) is 6.07 Å². The van der Waals surface area contributed by atoms with Crippen molar-refractivity contribution < 1.29 is 26.7 Å². The maximum absolute atomic E-state index is 14.5. The maximum Gasteiger partial charge on any atom is 0.417 e. The van der Waals surface area contributed by atoms with Gasteiger partial charge in [-0.15, -0.1) is 0 Å². The fourth-order valence-corrected chi connectivity index (χ4v) is 3.25. The van der Waals surface area contributed by atoms with Crippen molar-refractivity contribution in [3.63, 3.8) is 0 Å². The molecule has 1 fully saturated rings. The van der Waals surface area contributed by atoms with Crippen LogP contribution in [-0.4, -0.2) is 28.8 Å². The Morgan fingerprint density at radius 3 is 2.43 bits per heavy atom. The molecule has 5 nitrogen and oxygen atoms in total. The van der Waals surface area contributed by atoms with Gasteiger partial charge in [0.2, 0.25) is 5.91 Å². The minimum atomic E-state index is -4.61. The molecule has 0 aliphatic carbocycles. The highest BCUT2D eigenvalue weighted by Gasteiger charge is 2.50. The summed E-state index contributed by atoms with van der Waals surface area (Å²) < 4.78 is 66.3. The van der Waals surface area contributed by atoms with Crippen LogP contribution in [-0.2, 0) is 16.5 Å². The van der Waals surface area contributed by atoms with E-state index in [1.54, 1.807) is 0 Å². The maximum atomic E-state index is 14.5. The standard InChI is InChI=1S/C18H15F5N4O/c1-17(11-5-4-10(19)7-12(11)20)14(15(28)27(2)16(24)26-17)13-6-3-9(8-25-13)18(21,22)23/h3-8,14H,1-2H3,(H2,24,26)/t14-,17+/m0/s1. The molecule has 1 aliphatic heterocycles. The molecule has 2 heterocycles. The van der Waals surface area contributed by atoms with E-state index in [1.165, 1.54) is 14.0 Å². The Labute approximate surface area is 156 Å². The first-order chi connectivity index (χ1) is 12.9. The van der Waals surface area contributed by atoms with Crippen molar-refractivity contribution in [2.45, 2.75) is 24.6 Å². The molecule has 10 heteroatoms. The molecule has 1 aromatic carbocycles. The molecular formula is C18H15F5N4O. The molecular weight excluding hydrogens is 383 g/mol. The highest BCUT2D eigenvalue weighted by atomic mass is 19.4. The lowest BCUT2D eigenvalue weighted by Crippen LogP contribution is -2.63. The van der Waals surface area contributed by atoms with Gasteiger partial charge in [0.05, 0.1) is 16.8 Å². The van der Waals surface area contributed by atoms with Crippen molar-refractivity contribution in [1.82, 2.24) is 15.2 Å². The number of hydrogen-bond donors (Lipinski definition) is 2. The van der Waals surface area contributed by atoms with E-state index in [-0.39, 0.29) is 17.2 Å².